The lowest BCUT2D eigenvalue weighted by Gasteiger charge is -2.20. The normalized spacial score (nSPS) is 14.3. The number of allylic oxidation sites excluding steroid dienone is 1. The largest absolute Gasteiger partial charge is 0.480 e. The first-order chi connectivity index (χ1) is 18.6. The zero-order valence-electron chi connectivity index (χ0n) is 20.5. The van der Waals surface area contributed by atoms with Crippen molar-refractivity contribution < 1.29 is 29.4 Å². The van der Waals surface area contributed by atoms with Gasteiger partial charge in [0.05, 0.1) is 15.6 Å². The molecule has 10 heteroatoms. The van der Waals surface area contributed by atoms with Gasteiger partial charge in [0, 0.05) is 23.7 Å². The van der Waals surface area contributed by atoms with E-state index in [2.05, 4.69) is 10.6 Å². The second-order valence-corrected chi connectivity index (χ2v) is 9.86. The van der Waals surface area contributed by atoms with E-state index >= 15 is 0 Å². The average molecular weight is 567 g/mol. The Morgan fingerprint density at radius 2 is 1.59 bits per heavy atom. The number of halogens is 2. The van der Waals surface area contributed by atoms with Gasteiger partial charge in [-0.15, -0.1) is 0 Å². The number of aryl methyl sites for hydroxylation is 1. The highest BCUT2D eigenvalue weighted by atomic mass is 35.5. The van der Waals surface area contributed by atoms with Crippen LogP contribution in [0.15, 0.2) is 66.7 Å². The fraction of sp³-hybridized carbons (Fsp3) is 0.172. The molecular formula is C29H24Cl2N2O6. The van der Waals surface area contributed by atoms with Gasteiger partial charge in [0.25, 0.3) is 11.8 Å². The standard InChI is InChI=1S/C29H24Cl2N2O6/c30-22-5-2-6-23(31)26(22)28(37)32-20-10-7-16(8-11-20)13-24(29(38)39)33-27(36)19-9-12-21-17(14-19)3-1-4-18(21)15-25(34)35/h2,5-12,14-15,24H,1,3-4,13H2,(H,32,37)(H,33,36)(H,34,35)(H,38,39)/b18-15+/t24-/m0/s1. The van der Waals surface area contributed by atoms with Gasteiger partial charge in [-0.1, -0.05) is 47.5 Å². The maximum absolute atomic E-state index is 12.9. The number of fused-ring (bicyclic) bond motifs is 1. The molecule has 0 spiro atoms. The number of carboxylic acid groups (broad SMARTS) is 2. The van der Waals surface area contributed by atoms with Crippen LogP contribution in [0.5, 0.6) is 0 Å². The first kappa shape index (κ1) is 27.9. The van der Waals surface area contributed by atoms with Crippen LogP contribution in [0.2, 0.25) is 10.0 Å². The highest BCUT2D eigenvalue weighted by molar-refractivity contribution is 6.40. The van der Waals surface area contributed by atoms with Crippen molar-refractivity contribution in [3.8, 4) is 0 Å². The highest BCUT2D eigenvalue weighted by Gasteiger charge is 2.23. The van der Waals surface area contributed by atoms with Crippen molar-refractivity contribution in [3.05, 3.63) is 105 Å². The number of carbonyl (C=O) groups excluding carboxylic acids is 2. The minimum absolute atomic E-state index is 0.0160. The van der Waals surface area contributed by atoms with Crippen LogP contribution in [0.4, 0.5) is 5.69 Å². The van der Waals surface area contributed by atoms with E-state index in [4.69, 9.17) is 28.3 Å². The van der Waals surface area contributed by atoms with Crippen molar-refractivity contribution in [1.29, 1.82) is 0 Å². The predicted octanol–water partition coefficient (Wildman–Crippen LogP) is 5.48. The van der Waals surface area contributed by atoms with Gasteiger partial charge in [-0.25, -0.2) is 9.59 Å². The maximum atomic E-state index is 12.9. The average Bonchev–Trinajstić information content (AvgIpc) is 2.88. The molecular weight excluding hydrogens is 543 g/mol. The molecule has 0 heterocycles. The Labute approximate surface area is 234 Å². The third-order valence-corrected chi connectivity index (χ3v) is 6.98. The van der Waals surface area contributed by atoms with E-state index in [0.717, 1.165) is 17.5 Å². The molecule has 0 bridgehead atoms. The molecule has 8 nitrogen and oxygen atoms in total. The SMILES string of the molecule is O=C(O)/C=C1\CCCc2cc(C(=O)N[C@@H](Cc3ccc(NC(=O)c4c(Cl)cccc4Cl)cc3)C(=O)O)ccc21. The van der Waals surface area contributed by atoms with Crippen LogP contribution in [-0.2, 0) is 22.4 Å². The number of carbonyl (C=O) groups is 4. The Balaban J connectivity index is 1.43. The number of hydrogen-bond donors (Lipinski definition) is 4. The summed E-state index contributed by atoms with van der Waals surface area (Å²) in [5, 5.41) is 24.5. The Kier molecular flexibility index (Phi) is 8.69. The molecule has 0 radical (unpaired) electrons. The summed E-state index contributed by atoms with van der Waals surface area (Å²) in [6, 6.07) is 15.0. The number of hydrogen-bond acceptors (Lipinski definition) is 4. The molecule has 1 aliphatic rings. The summed E-state index contributed by atoms with van der Waals surface area (Å²) in [5.74, 6) is -3.24. The monoisotopic (exact) mass is 566 g/mol. The van der Waals surface area contributed by atoms with Crippen LogP contribution in [0.25, 0.3) is 5.57 Å². The summed E-state index contributed by atoms with van der Waals surface area (Å²) >= 11 is 12.2. The fourth-order valence-corrected chi connectivity index (χ4v) is 5.04. The van der Waals surface area contributed by atoms with E-state index in [1.807, 2.05) is 0 Å². The first-order valence-corrected chi connectivity index (χ1v) is 12.8. The van der Waals surface area contributed by atoms with Crippen molar-refractivity contribution in [3.63, 3.8) is 0 Å². The molecule has 0 saturated heterocycles. The molecule has 3 aromatic rings. The molecule has 1 aliphatic carbocycles. The van der Waals surface area contributed by atoms with Crippen molar-refractivity contribution in [2.75, 3.05) is 5.32 Å². The predicted molar refractivity (Wildman–Crippen MR) is 148 cm³/mol. The molecule has 4 N–H and O–H groups in total. The summed E-state index contributed by atoms with van der Waals surface area (Å²) in [4.78, 5) is 48.5. The number of benzene rings is 3. The van der Waals surface area contributed by atoms with Crippen molar-refractivity contribution >= 4 is 58.2 Å². The van der Waals surface area contributed by atoms with Gasteiger partial charge in [0.1, 0.15) is 6.04 Å². The Bertz CT molecular complexity index is 1460. The van der Waals surface area contributed by atoms with E-state index in [9.17, 15) is 24.3 Å². The van der Waals surface area contributed by atoms with Crippen molar-refractivity contribution in [2.24, 2.45) is 0 Å². The van der Waals surface area contributed by atoms with Crippen LogP contribution >= 0.6 is 23.2 Å². The van der Waals surface area contributed by atoms with Gasteiger partial charge in [-0.05, 0) is 77.9 Å². The smallest absolute Gasteiger partial charge is 0.328 e. The summed E-state index contributed by atoms with van der Waals surface area (Å²) in [6.45, 7) is 0. The minimum atomic E-state index is -1.20. The van der Waals surface area contributed by atoms with Crippen molar-refractivity contribution in [1.82, 2.24) is 5.32 Å². The summed E-state index contributed by atoms with van der Waals surface area (Å²) in [5.41, 5.74) is 3.88. The van der Waals surface area contributed by atoms with Crippen LogP contribution in [0, 0.1) is 0 Å². The highest BCUT2D eigenvalue weighted by Crippen LogP contribution is 2.31. The molecule has 39 heavy (non-hydrogen) atoms. The fourth-order valence-electron chi connectivity index (χ4n) is 4.47. The molecule has 0 fully saturated rings. The van der Waals surface area contributed by atoms with Crippen LogP contribution < -0.4 is 10.6 Å². The molecule has 0 aromatic heterocycles. The number of amides is 2. The summed E-state index contributed by atoms with van der Waals surface area (Å²) < 4.78 is 0. The van der Waals surface area contributed by atoms with E-state index in [1.54, 1.807) is 60.7 Å². The van der Waals surface area contributed by atoms with Crippen LogP contribution in [0.1, 0.15) is 50.2 Å². The number of aliphatic carboxylic acids is 2. The van der Waals surface area contributed by atoms with Gasteiger partial charge in [0.2, 0.25) is 0 Å². The first-order valence-electron chi connectivity index (χ1n) is 12.1. The third-order valence-electron chi connectivity index (χ3n) is 6.35. The molecule has 1 atom stereocenters. The second kappa shape index (κ2) is 12.1. The Morgan fingerprint density at radius 3 is 2.23 bits per heavy atom. The van der Waals surface area contributed by atoms with Crippen LogP contribution in [0.3, 0.4) is 0 Å². The topological polar surface area (TPSA) is 133 Å². The van der Waals surface area contributed by atoms with E-state index in [-0.39, 0.29) is 22.0 Å². The van der Waals surface area contributed by atoms with Crippen molar-refractivity contribution in [2.45, 2.75) is 31.7 Å². The van der Waals surface area contributed by atoms with Gasteiger partial charge in [0.15, 0.2) is 0 Å². The number of carboxylic acids is 2. The second-order valence-electron chi connectivity index (χ2n) is 9.05. The van der Waals surface area contributed by atoms with E-state index < -0.39 is 29.8 Å². The van der Waals surface area contributed by atoms with E-state index in [1.165, 1.54) is 6.08 Å². The lowest BCUT2D eigenvalue weighted by Crippen LogP contribution is -2.42. The Morgan fingerprint density at radius 1 is 0.897 bits per heavy atom. The molecule has 0 aliphatic heterocycles. The Hall–Kier alpha value is -4.14. The number of anilines is 1. The molecule has 200 valence electrons. The quantitative estimate of drug-likeness (QED) is 0.267. The van der Waals surface area contributed by atoms with Gasteiger partial charge in [-0.2, -0.15) is 0 Å². The summed E-state index contributed by atoms with van der Waals surface area (Å²) in [7, 11) is 0. The van der Waals surface area contributed by atoms with Gasteiger partial charge >= 0.3 is 11.9 Å². The molecule has 0 unspecified atom stereocenters. The lowest BCUT2D eigenvalue weighted by molar-refractivity contribution is -0.139. The zero-order valence-corrected chi connectivity index (χ0v) is 22.1. The van der Waals surface area contributed by atoms with E-state index in [0.29, 0.717) is 35.2 Å². The number of rotatable bonds is 8. The van der Waals surface area contributed by atoms with Gasteiger partial charge < -0.3 is 20.8 Å². The van der Waals surface area contributed by atoms with Crippen LogP contribution in [-0.4, -0.2) is 40.0 Å². The van der Waals surface area contributed by atoms with Gasteiger partial charge in [-0.3, -0.25) is 9.59 Å². The number of nitrogens with one attached hydrogen (secondary N) is 2. The lowest BCUT2D eigenvalue weighted by atomic mass is 9.86. The molecule has 4 rings (SSSR count). The molecule has 3 aromatic carbocycles. The molecule has 0 saturated carbocycles. The molecule has 2 amide bonds. The summed E-state index contributed by atoms with van der Waals surface area (Å²) in [6.07, 6.45) is 3.29. The maximum Gasteiger partial charge on any atom is 0.328 e. The third kappa shape index (κ3) is 6.85. The zero-order chi connectivity index (χ0) is 28.1. The minimum Gasteiger partial charge on any atom is -0.480 e.